The normalized spacial score (nSPS) is 17.6. The van der Waals surface area contributed by atoms with Crippen LogP contribution in [0.1, 0.15) is 24.8 Å². The van der Waals surface area contributed by atoms with Gasteiger partial charge in [0.05, 0.1) is 16.3 Å². The third kappa shape index (κ3) is 4.23. The molecule has 2 N–H and O–H groups in total. The Morgan fingerprint density at radius 1 is 1.38 bits per heavy atom. The average molecular weight is 305 g/mol. The van der Waals surface area contributed by atoms with Gasteiger partial charge in [-0.3, -0.25) is 4.98 Å². The van der Waals surface area contributed by atoms with Crippen molar-refractivity contribution in [3.63, 3.8) is 0 Å². The van der Waals surface area contributed by atoms with Crippen LogP contribution in [0.4, 0.5) is 0 Å². The molecule has 0 radical (unpaired) electrons. The number of aromatic nitrogens is 1. The Labute approximate surface area is 129 Å². The van der Waals surface area contributed by atoms with E-state index in [4.69, 9.17) is 0 Å². The van der Waals surface area contributed by atoms with Gasteiger partial charge < -0.3 is 15.3 Å². The molecule has 1 aliphatic rings. The van der Waals surface area contributed by atoms with Crippen LogP contribution in [0.25, 0.3) is 10.2 Å². The zero-order valence-corrected chi connectivity index (χ0v) is 13.1. The summed E-state index contributed by atoms with van der Waals surface area (Å²) in [5.41, 5.74) is 2.35. The van der Waals surface area contributed by atoms with Crippen molar-refractivity contribution in [1.29, 1.82) is 0 Å². The number of aliphatic hydroxyl groups excluding tert-OH is 1. The fourth-order valence-corrected chi connectivity index (χ4v) is 3.59. The van der Waals surface area contributed by atoms with Gasteiger partial charge in [-0.25, -0.2) is 0 Å². The van der Waals surface area contributed by atoms with Gasteiger partial charge in [-0.1, -0.05) is 0 Å². The third-order valence-electron chi connectivity index (χ3n) is 4.07. The first-order valence-electron chi connectivity index (χ1n) is 7.74. The lowest BCUT2D eigenvalue weighted by Crippen LogP contribution is -2.37. The molecule has 0 saturated carbocycles. The van der Waals surface area contributed by atoms with Gasteiger partial charge in [-0.15, -0.1) is 11.3 Å². The Bertz CT molecular complexity index is 563. The van der Waals surface area contributed by atoms with E-state index < -0.39 is 0 Å². The maximum atomic E-state index is 9.48. The van der Waals surface area contributed by atoms with Crippen LogP contribution in [-0.4, -0.2) is 47.3 Å². The first-order valence-corrected chi connectivity index (χ1v) is 8.62. The zero-order chi connectivity index (χ0) is 14.5. The van der Waals surface area contributed by atoms with Crippen molar-refractivity contribution in [3.05, 3.63) is 29.3 Å². The molecule has 2 aromatic heterocycles. The molecule has 1 aliphatic heterocycles. The number of nitrogens with zero attached hydrogens (tertiary/aromatic N) is 2. The van der Waals surface area contributed by atoms with Crippen LogP contribution in [0.15, 0.2) is 23.7 Å². The van der Waals surface area contributed by atoms with Gasteiger partial charge >= 0.3 is 0 Å². The minimum atomic E-state index is -0.0703. The topological polar surface area (TPSA) is 48.4 Å². The van der Waals surface area contributed by atoms with Crippen LogP contribution in [0, 0.1) is 0 Å². The first kappa shape index (κ1) is 14.9. The predicted molar refractivity (Wildman–Crippen MR) is 87.6 cm³/mol. The molecule has 1 fully saturated rings. The van der Waals surface area contributed by atoms with Crippen molar-refractivity contribution in [2.24, 2.45) is 0 Å². The highest BCUT2D eigenvalue weighted by atomic mass is 32.1. The van der Waals surface area contributed by atoms with Crippen molar-refractivity contribution in [2.75, 3.05) is 26.2 Å². The quantitative estimate of drug-likeness (QED) is 0.804. The second-order valence-electron chi connectivity index (χ2n) is 5.75. The largest absolute Gasteiger partial charge is 0.393 e. The number of pyridine rings is 1. The highest BCUT2D eigenvalue weighted by molar-refractivity contribution is 7.17. The molecule has 0 unspecified atom stereocenters. The van der Waals surface area contributed by atoms with Crippen LogP contribution in [0.3, 0.4) is 0 Å². The lowest BCUT2D eigenvalue weighted by atomic mass is 10.1. The number of piperidine rings is 1. The first-order chi connectivity index (χ1) is 10.3. The Hall–Kier alpha value is -1.01. The molecule has 0 amide bonds. The molecule has 114 valence electrons. The van der Waals surface area contributed by atoms with Crippen molar-refractivity contribution in [2.45, 2.75) is 31.9 Å². The standard InChI is InChI=1S/C16H23N3OS/c20-14-2-7-19(8-3-14)6-1-5-17-11-13-10-16-15(18-12-13)4-9-21-16/h4,9-10,12,14,17,20H,1-3,5-8,11H2. The summed E-state index contributed by atoms with van der Waals surface area (Å²) in [5.74, 6) is 0. The molecule has 0 aromatic carbocycles. The average Bonchev–Trinajstić information content (AvgIpc) is 2.96. The second-order valence-corrected chi connectivity index (χ2v) is 6.70. The van der Waals surface area contributed by atoms with Gasteiger partial charge in [0.25, 0.3) is 0 Å². The molecule has 21 heavy (non-hydrogen) atoms. The highest BCUT2D eigenvalue weighted by Gasteiger charge is 2.15. The summed E-state index contributed by atoms with van der Waals surface area (Å²) in [6.07, 6.45) is 4.91. The summed E-state index contributed by atoms with van der Waals surface area (Å²) in [4.78, 5) is 6.91. The molecule has 2 aromatic rings. The molecule has 3 rings (SSSR count). The summed E-state index contributed by atoms with van der Waals surface area (Å²) in [5, 5.41) is 15.1. The number of likely N-dealkylation sites (tertiary alicyclic amines) is 1. The molecular formula is C16H23N3OS. The molecule has 3 heterocycles. The Morgan fingerprint density at radius 3 is 3.10 bits per heavy atom. The Morgan fingerprint density at radius 2 is 2.24 bits per heavy atom. The van der Waals surface area contributed by atoms with Gasteiger partial charge in [0.15, 0.2) is 0 Å². The maximum absolute atomic E-state index is 9.48. The molecular weight excluding hydrogens is 282 g/mol. The SMILES string of the molecule is OC1CCN(CCCNCc2cnc3ccsc3c2)CC1. The summed E-state index contributed by atoms with van der Waals surface area (Å²) >= 11 is 1.75. The predicted octanol–water partition coefficient (Wildman–Crippen LogP) is 2.23. The smallest absolute Gasteiger partial charge is 0.0809 e. The fraction of sp³-hybridized carbons (Fsp3) is 0.562. The number of nitrogens with one attached hydrogen (secondary N) is 1. The molecule has 5 heteroatoms. The van der Waals surface area contributed by atoms with Crippen LogP contribution < -0.4 is 5.32 Å². The van der Waals surface area contributed by atoms with Gasteiger partial charge in [-0.05, 0) is 55.4 Å². The zero-order valence-electron chi connectivity index (χ0n) is 12.3. The summed E-state index contributed by atoms with van der Waals surface area (Å²) in [6, 6.07) is 4.29. The Balaban J connectivity index is 1.34. The molecule has 0 bridgehead atoms. The van der Waals surface area contributed by atoms with Crippen molar-refractivity contribution < 1.29 is 5.11 Å². The fourth-order valence-electron chi connectivity index (χ4n) is 2.79. The van der Waals surface area contributed by atoms with E-state index in [1.807, 2.05) is 6.20 Å². The number of rotatable bonds is 6. The van der Waals surface area contributed by atoms with Crippen LogP contribution in [0.5, 0.6) is 0 Å². The summed E-state index contributed by atoms with van der Waals surface area (Å²) in [7, 11) is 0. The Kier molecular flexibility index (Phi) is 5.19. The van der Waals surface area contributed by atoms with Crippen LogP contribution >= 0.6 is 11.3 Å². The van der Waals surface area contributed by atoms with E-state index in [1.165, 1.54) is 10.3 Å². The number of thiophene rings is 1. The summed E-state index contributed by atoms with van der Waals surface area (Å²) in [6.45, 7) is 5.13. The van der Waals surface area contributed by atoms with Gasteiger partial charge in [0, 0.05) is 25.8 Å². The van der Waals surface area contributed by atoms with E-state index in [9.17, 15) is 5.11 Å². The van der Waals surface area contributed by atoms with E-state index >= 15 is 0 Å². The number of hydrogen-bond acceptors (Lipinski definition) is 5. The minimum Gasteiger partial charge on any atom is -0.393 e. The maximum Gasteiger partial charge on any atom is 0.0809 e. The van der Waals surface area contributed by atoms with Gasteiger partial charge in [0.2, 0.25) is 0 Å². The van der Waals surface area contributed by atoms with Crippen molar-refractivity contribution >= 4 is 21.6 Å². The van der Waals surface area contributed by atoms with Crippen molar-refractivity contribution in [3.8, 4) is 0 Å². The van der Waals surface area contributed by atoms with E-state index in [0.29, 0.717) is 0 Å². The molecule has 0 aliphatic carbocycles. The van der Waals surface area contributed by atoms with E-state index in [1.54, 1.807) is 11.3 Å². The van der Waals surface area contributed by atoms with Crippen LogP contribution in [0.2, 0.25) is 0 Å². The van der Waals surface area contributed by atoms with Gasteiger partial charge in [-0.2, -0.15) is 0 Å². The van der Waals surface area contributed by atoms with Crippen LogP contribution in [-0.2, 0) is 6.54 Å². The van der Waals surface area contributed by atoms with E-state index in [-0.39, 0.29) is 6.10 Å². The van der Waals surface area contributed by atoms with Gasteiger partial charge in [0.1, 0.15) is 0 Å². The second kappa shape index (κ2) is 7.31. The highest BCUT2D eigenvalue weighted by Crippen LogP contribution is 2.19. The summed E-state index contributed by atoms with van der Waals surface area (Å²) < 4.78 is 1.26. The number of hydrogen-bond donors (Lipinski definition) is 2. The molecule has 0 atom stereocenters. The third-order valence-corrected chi connectivity index (χ3v) is 4.93. The van der Waals surface area contributed by atoms with E-state index in [0.717, 1.165) is 57.5 Å². The van der Waals surface area contributed by atoms with E-state index in [2.05, 4.69) is 32.7 Å². The lowest BCUT2D eigenvalue weighted by Gasteiger charge is -2.29. The molecule has 4 nitrogen and oxygen atoms in total. The molecule has 0 spiro atoms. The monoisotopic (exact) mass is 305 g/mol. The number of fused-ring (bicyclic) bond motifs is 1. The number of aliphatic hydroxyl groups is 1. The minimum absolute atomic E-state index is 0.0703. The molecule has 1 saturated heterocycles. The van der Waals surface area contributed by atoms with Crippen molar-refractivity contribution in [1.82, 2.24) is 15.2 Å². The lowest BCUT2D eigenvalue weighted by molar-refractivity contribution is 0.0821.